The van der Waals surface area contributed by atoms with Gasteiger partial charge < -0.3 is 15.8 Å². The van der Waals surface area contributed by atoms with Gasteiger partial charge in [0.1, 0.15) is 11.6 Å². The Morgan fingerprint density at radius 1 is 1.09 bits per heavy atom. The van der Waals surface area contributed by atoms with E-state index in [1.54, 1.807) is 7.11 Å². The molecule has 0 radical (unpaired) electrons. The molecule has 23 heavy (non-hydrogen) atoms. The monoisotopic (exact) mass is 309 g/mol. The Bertz CT molecular complexity index is 850. The fraction of sp³-hybridized carbons (Fsp3) is 0.235. The lowest BCUT2D eigenvalue weighted by atomic mass is 10.1. The van der Waals surface area contributed by atoms with Crippen molar-refractivity contribution in [3.8, 4) is 5.75 Å². The van der Waals surface area contributed by atoms with Crippen LogP contribution < -0.4 is 15.8 Å². The van der Waals surface area contributed by atoms with E-state index in [-0.39, 0.29) is 12.0 Å². The van der Waals surface area contributed by atoms with E-state index in [9.17, 15) is 0 Å². The van der Waals surface area contributed by atoms with Gasteiger partial charge in [0.2, 0.25) is 5.95 Å². The van der Waals surface area contributed by atoms with Crippen LogP contribution in [0.15, 0.2) is 36.4 Å². The van der Waals surface area contributed by atoms with E-state index < -0.39 is 0 Å². The number of nitrogens with zero attached hydrogens (tertiary/aromatic N) is 3. The molecule has 6 heteroatoms. The molecule has 0 aliphatic rings. The highest BCUT2D eigenvalue weighted by atomic mass is 16.5. The van der Waals surface area contributed by atoms with Crippen molar-refractivity contribution in [3.05, 3.63) is 47.8 Å². The number of pyridine rings is 1. The third-order valence-corrected chi connectivity index (χ3v) is 3.63. The van der Waals surface area contributed by atoms with Crippen molar-refractivity contribution >= 4 is 22.7 Å². The van der Waals surface area contributed by atoms with Gasteiger partial charge in [-0.15, -0.1) is 0 Å². The Hall–Kier alpha value is -2.89. The van der Waals surface area contributed by atoms with E-state index in [0.717, 1.165) is 22.3 Å². The van der Waals surface area contributed by atoms with Gasteiger partial charge in [0, 0.05) is 5.69 Å². The molecule has 1 atom stereocenters. The molecule has 3 N–H and O–H groups in total. The first-order valence-corrected chi connectivity index (χ1v) is 7.39. The van der Waals surface area contributed by atoms with Crippen LogP contribution >= 0.6 is 0 Å². The van der Waals surface area contributed by atoms with Gasteiger partial charge in [-0.3, -0.25) is 4.98 Å². The number of nitrogens with one attached hydrogen (secondary N) is 1. The number of rotatable bonds is 4. The van der Waals surface area contributed by atoms with Crippen LogP contribution in [-0.2, 0) is 0 Å². The van der Waals surface area contributed by atoms with Crippen LogP contribution in [0.3, 0.4) is 0 Å². The van der Waals surface area contributed by atoms with Gasteiger partial charge in [-0.2, -0.15) is 4.98 Å². The molecule has 3 aromatic rings. The van der Waals surface area contributed by atoms with E-state index in [1.165, 1.54) is 0 Å². The first-order chi connectivity index (χ1) is 11.1. The molecule has 3 rings (SSSR count). The zero-order valence-electron chi connectivity index (χ0n) is 13.4. The Labute approximate surface area is 134 Å². The number of nitrogens with two attached hydrogens (primary N) is 1. The molecule has 1 aromatic carbocycles. The van der Waals surface area contributed by atoms with Gasteiger partial charge >= 0.3 is 0 Å². The predicted molar refractivity (Wildman–Crippen MR) is 91.5 cm³/mol. The number of ether oxygens (including phenoxy) is 1. The van der Waals surface area contributed by atoms with Crippen molar-refractivity contribution in [2.75, 3.05) is 18.2 Å². The molecule has 6 nitrogen and oxygen atoms in total. The Morgan fingerprint density at radius 2 is 1.87 bits per heavy atom. The summed E-state index contributed by atoms with van der Waals surface area (Å²) in [6, 6.07) is 11.6. The molecule has 0 aliphatic carbocycles. The molecular formula is C17H19N5O. The molecule has 0 bridgehead atoms. The molecule has 2 aromatic heterocycles. The van der Waals surface area contributed by atoms with Gasteiger partial charge in [-0.25, -0.2) is 4.98 Å². The van der Waals surface area contributed by atoms with Crippen LogP contribution in [0, 0.1) is 6.92 Å². The first kappa shape index (κ1) is 15.0. The summed E-state index contributed by atoms with van der Waals surface area (Å²) in [5.41, 5.74) is 8.48. The number of nitrogen functional groups attached to an aromatic ring is 1. The first-order valence-electron chi connectivity index (χ1n) is 7.39. The van der Waals surface area contributed by atoms with E-state index in [0.29, 0.717) is 11.6 Å². The fourth-order valence-corrected chi connectivity index (χ4v) is 2.53. The summed E-state index contributed by atoms with van der Waals surface area (Å²) < 4.78 is 5.44. The quantitative estimate of drug-likeness (QED) is 0.770. The highest BCUT2D eigenvalue weighted by Crippen LogP contribution is 2.32. The summed E-state index contributed by atoms with van der Waals surface area (Å²) in [4.78, 5) is 13.2. The average molecular weight is 309 g/mol. The maximum atomic E-state index is 5.84. The molecular weight excluding hydrogens is 290 g/mol. The third kappa shape index (κ3) is 3.01. The second-order valence-corrected chi connectivity index (χ2v) is 5.35. The van der Waals surface area contributed by atoms with Crippen LogP contribution in [0.1, 0.15) is 24.4 Å². The molecule has 0 saturated carbocycles. The largest absolute Gasteiger partial charge is 0.496 e. The zero-order valence-corrected chi connectivity index (χ0v) is 13.4. The van der Waals surface area contributed by atoms with Crippen molar-refractivity contribution < 1.29 is 4.74 Å². The number of fused-ring (bicyclic) bond motifs is 1. The molecule has 0 unspecified atom stereocenters. The number of aromatic nitrogens is 3. The van der Waals surface area contributed by atoms with Gasteiger partial charge in [0.15, 0.2) is 0 Å². The van der Waals surface area contributed by atoms with Gasteiger partial charge in [0.25, 0.3) is 0 Å². The van der Waals surface area contributed by atoms with Crippen molar-refractivity contribution in [1.29, 1.82) is 0 Å². The summed E-state index contributed by atoms with van der Waals surface area (Å²) in [6.45, 7) is 4.00. The van der Waals surface area contributed by atoms with Crippen molar-refractivity contribution in [3.63, 3.8) is 0 Å². The molecule has 0 fully saturated rings. The predicted octanol–water partition coefficient (Wildman–Crippen LogP) is 3.10. The maximum absolute atomic E-state index is 5.84. The van der Waals surface area contributed by atoms with E-state index >= 15 is 0 Å². The summed E-state index contributed by atoms with van der Waals surface area (Å²) in [7, 11) is 1.63. The summed E-state index contributed by atoms with van der Waals surface area (Å²) in [5, 5.41) is 4.18. The molecule has 0 aliphatic heterocycles. The Morgan fingerprint density at radius 3 is 2.61 bits per heavy atom. The summed E-state index contributed by atoms with van der Waals surface area (Å²) in [5.74, 6) is 1.56. The number of benzene rings is 1. The minimum absolute atomic E-state index is 0.0303. The topological polar surface area (TPSA) is 86.0 Å². The van der Waals surface area contributed by atoms with Gasteiger partial charge in [0.05, 0.1) is 29.7 Å². The number of hydrogen-bond donors (Lipinski definition) is 2. The zero-order chi connectivity index (χ0) is 16.4. The molecule has 0 spiro atoms. The van der Waals surface area contributed by atoms with Crippen LogP contribution in [0.5, 0.6) is 5.75 Å². The highest BCUT2D eigenvalue weighted by Gasteiger charge is 2.15. The van der Waals surface area contributed by atoms with E-state index in [2.05, 4.69) is 20.3 Å². The fourth-order valence-electron chi connectivity index (χ4n) is 2.53. The lowest BCUT2D eigenvalue weighted by molar-refractivity contribution is 0.419. The highest BCUT2D eigenvalue weighted by molar-refractivity contribution is 5.95. The second-order valence-electron chi connectivity index (χ2n) is 5.35. The van der Waals surface area contributed by atoms with Crippen molar-refractivity contribution in [2.45, 2.75) is 19.9 Å². The minimum atomic E-state index is -0.0303. The Balaban J connectivity index is 2.05. The lowest BCUT2D eigenvalue weighted by Gasteiger charge is -2.17. The molecule has 0 saturated heterocycles. The van der Waals surface area contributed by atoms with E-state index in [1.807, 2.05) is 50.2 Å². The van der Waals surface area contributed by atoms with Gasteiger partial charge in [-0.05, 0) is 38.1 Å². The van der Waals surface area contributed by atoms with Crippen LogP contribution in [0.25, 0.3) is 10.9 Å². The number of anilines is 2. The number of methoxy groups -OCH3 is 1. The summed E-state index contributed by atoms with van der Waals surface area (Å²) >= 11 is 0. The standard InChI is InChI=1S/C17H19N5O/c1-10-6-4-7-12(19-10)11(2)20-16-15-13(21-17(18)22-16)8-5-9-14(15)23-3/h4-9,11H,1-3H3,(H3,18,20,21,22)/t11-/m1/s1. The average Bonchev–Trinajstić information content (AvgIpc) is 2.53. The lowest BCUT2D eigenvalue weighted by Crippen LogP contribution is -2.12. The Kier molecular flexibility index (Phi) is 3.97. The van der Waals surface area contributed by atoms with Crippen LogP contribution in [0.2, 0.25) is 0 Å². The molecule has 2 heterocycles. The maximum Gasteiger partial charge on any atom is 0.222 e. The van der Waals surface area contributed by atoms with Crippen LogP contribution in [0.4, 0.5) is 11.8 Å². The number of hydrogen-bond acceptors (Lipinski definition) is 6. The van der Waals surface area contributed by atoms with Gasteiger partial charge in [-0.1, -0.05) is 12.1 Å². The minimum Gasteiger partial charge on any atom is -0.496 e. The van der Waals surface area contributed by atoms with Crippen molar-refractivity contribution in [2.24, 2.45) is 0 Å². The SMILES string of the molecule is COc1cccc2nc(N)nc(N[C@H](C)c3cccc(C)n3)c12. The number of aryl methyl sites for hydroxylation is 1. The smallest absolute Gasteiger partial charge is 0.222 e. The van der Waals surface area contributed by atoms with Crippen LogP contribution in [-0.4, -0.2) is 22.1 Å². The molecule has 118 valence electrons. The summed E-state index contributed by atoms with van der Waals surface area (Å²) in [6.07, 6.45) is 0. The van der Waals surface area contributed by atoms with Crippen molar-refractivity contribution in [1.82, 2.24) is 15.0 Å². The second kappa shape index (κ2) is 6.08. The van der Waals surface area contributed by atoms with E-state index in [4.69, 9.17) is 10.5 Å². The third-order valence-electron chi connectivity index (χ3n) is 3.63. The normalized spacial score (nSPS) is 12.1. The molecule has 0 amide bonds.